The third-order valence-corrected chi connectivity index (χ3v) is 4.53. The molecule has 0 radical (unpaired) electrons. The lowest BCUT2D eigenvalue weighted by Gasteiger charge is -2.06. The topological polar surface area (TPSA) is 64.1 Å². The normalized spacial score (nSPS) is 11.6. The lowest BCUT2D eigenvalue weighted by molar-refractivity contribution is 0.524. The lowest BCUT2D eigenvalue weighted by atomic mass is 10.1. The molecule has 0 aromatic carbocycles. The molecule has 0 fully saturated rings. The number of anilines is 1. The number of nitrogens with zero attached hydrogens (tertiary/aromatic N) is 1. The van der Waals surface area contributed by atoms with Crippen molar-refractivity contribution in [3.8, 4) is 24.2 Å². The molecule has 4 nitrogen and oxygen atoms in total. The third kappa shape index (κ3) is 3.69. The van der Waals surface area contributed by atoms with Crippen molar-refractivity contribution in [2.24, 2.45) is 5.73 Å². The monoisotopic (exact) mass is 349 g/mol. The highest BCUT2D eigenvalue weighted by atomic mass is 32.1. The van der Waals surface area contributed by atoms with Crippen molar-refractivity contribution in [3.05, 3.63) is 45.5 Å². The van der Waals surface area contributed by atoms with Crippen LogP contribution >= 0.6 is 11.3 Å². The molecule has 0 bridgehead atoms. The Hall–Kier alpha value is -2.73. The van der Waals surface area contributed by atoms with Crippen LogP contribution in [0.5, 0.6) is 0 Å². The van der Waals surface area contributed by atoms with Gasteiger partial charge < -0.3 is 15.5 Å². The first-order chi connectivity index (χ1) is 12.1. The number of nitrogens with two attached hydrogens (primary N) is 1. The van der Waals surface area contributed by atoms with Crippen LogP contribution in [-0.4, -0.2) is 11.0 Å². The molecule has 0 aliphatic heterocycles. The zero-order valence-corrected chi connectivity index (χ0v) is 15.0. The van der Waals surface area contributed by atoms with Crippen LogP contribution in [0.25, 0.3) is 11.1 Å². The summed E-state index contributed by atoms with van der Waals surface area (Å²) in [6, 6.07) is 5.96. The van der Waals surface area contributed by atoms with Gasteiger partial charge in [-0.15, -0.1) is 17.8 Å². The van der Waals surface area contributed by atoms with E-state index in [0.29, 0.717) is 41.1 Å². The molecule has 5 heteroatoms. The molecule has 0 unspecified atom stereocenters. The molecule has 3 aromatic heterocycles. The van der Waals surface area contributed by atoms with Crippen molar-refractivity contribution in [2.45, 2.75) is 32.9 Å². The van der Waals surface area contributed by atoms with Gasteiger partial charge in [-0.3, -0.25) is 0 Å². The van der Waals surface area contributed by atoms with Crippen molar-refractivity contribution < 1.29 is 4.42 Å². The fourth-order valence-electron chi connectivity index (χ4n) is 2.62. The molecule has 0 amide bonds. The van der Waals surface area contributed by atoms with Gasteiger partial charge in [0.2, 0.25) is 0 Å². The number of pyridine rings is 1. The molecule has 3 N–H and O–H groups in total. The number of terminal acetylenes is 1. The highest BCUT2D eigenvalue weighted by Gasteiger charge is 2.19. The van der Waals surface area contributed by atoms with E-state index in [-0.39, 0.29) is 6.04 Å². The summed E-state index contributed by atoms with van der Waals surface area (Å²) < 4.78 is 6.04. The lowest BCUT2D eigenvalue weighted by Crippen LogP contribution is -2.17. The zero-order valence-electron chi connectivity index (χ0n) is 14.2. The van der Waals surface area contributed by atoms with E-state index in [1.165, 1.54) is 4.88 Å². The Morgan fingerprint density at radius 3 is 2.96 bits per heavy atom. The first kappa shape index (κ1) is 17.1. The summed E-state index contributed by atoms with van der Waals surface area (Å²) >= 11 is 1.70. The average Bonchev–Trinajstić information content (AvgIpc) is 3.19. The van der Waals surface area contributed by atoms with Crippen molar-refractivity contribution in [3.63, 3.8) is 0 Å². The third-order valence-electron chi connectivity index (χ3n) is 3.65. The molecular formula is C20H19N3OS. The number of nitrogens with one attached hydrogen (secondary N) is 1. The van der Waals surface area contributed by atoms with Gasteiger partial charge >= 0.3 is 0 Å². The molecule has 0 saturated heterocycles. The maximum absolute atomic E-state index is 6.04. The second kappa shape index (κ2) is 7.44. The van der Waals surface area contributed by atoms with Crippen LogP contribution in [0.15, 0.2) is 28.0 Å². The van der Waals surface area contributed by atoms with Crippen molar-refractivity contribution in [1.29, 1.82) is 0 Å². The summed E-state index contributed by atoms with van der Waals surface area (Å²) in [5.41, 5.74) is 9.39. The summed E-state index contributed by atoms with van der Waals surface area (Å²) in [6.45, 7) is 4.40. The predicted molar refractivity (Wildman–Crippen MR) is 103 cm³/mol. The minimum Gasteiger partial charge on any atom is -0.456 e. The molecule has 3 heterocycles. The SMILES string of the molecule is C#Cc1c(C[C@H](C)N)oc2c(NCc3cccs3)cc(C#CC)nc12. The van der Waals surface area contributed by atoms with Gasteiger partial charge in [-0.05, 0) is 37.3 Å². The molecular weight excluding hydrogens is 330 g/mol. The Bertz CT molecular complexity index is 982. The van der Waals surface area contributed by atoms with Gasteiger partial charge in [-0.25, -0.2) is 4.98 Å². The average molecular weight is 349 g/mol. The van der Waals surface area contributed by atoms with E-state index in [0.717, 1.165) is 5.69 Å². The molecule has 3 aromatic rings. The van der Waals surface area contributed by atoms with Crippen molar-refractivity contribution in [2.75, 3.05) is 5.32 Å². The second-order valence-electron chi connectivity index (χ2n) is 5.77. The molecule has 0 spiro atoms. The molecule has 126 valence electrons. The van der Waals surface area contributed by atoms with Crippen LogP contribution in [0.4, 0.5) is 5.69 Å². The largest absolute Gasteiger partial charge is 0.456 e. The van der Waals surface area contributed by atoms with E-state index in [1.807, 2.05) is 19.1 Å². The van der Waals surface area contributed by atoms with Gasteiger partial charge in [0.15, 0.2) is 5.58 Å². The van der Waals surface area contributed by atoms with Crippen molar-refractivity contribution >= 4 is 28.1 Å². The number of thiophene rings is 1. The van der Waals surface area contributed by atoms with E-state index in [2.05, 4.69) is 39.5 Å². The maximum Gasteiger partial charge on any atom is 0.177 e. The first-order valence-electron chi connectivity index (χ1n) is 8.00. The van der Waals surface area contributed by atoms with E-state index < -0.39 is 0 Å². The Balaban J connectivity index is 2.10. The standard InChI is InChI=1S/C20H19N3OS/c1-4-7-14-11-17(22-12-15-8-6-9-25-15)20-19(23-14)16(5-2)18(24-20)10-13(3)21/h2,6,8-9,11,13H,10,12,21H2,1,3H3,(H,22,23)/t13-/m0/s1. The van der Waals surface area contributed by atoms with Crippen LogP contribution in [0.1, 0.15) is 35.7 Å². The Morgan fingerprint density at radius 1 is 1.48 bits per heavy atom. The van der Waals surface area contributed by atoms with Crippen LogP contribution in [0.3, 0.4) is 0 Å². The molecule has 25 heavy (non-hydrogen) atoms. The molecule has 3 rings (SSSR count). The number of fused-ring (bicyclic) bond motifs is 1. The van der Waals surface area contributed by atoms with E-state index in [4.69, 9.17) is 16.6 Å². The van der Waals surface area contributed by atoms with Crippen LogP contribution < -0.4 is 11.1 Å². The fraction of sp³-hybridized carbons (Fsp3) is 0.250. The first-order valence-corrected chi connectivity index (χ1v) is 8.88. The van der Waals surface area contributed by atoms with Crippen LogP contribution in [0.2, 0.25) is 0 Å². The van der Waals surface area contributed by atoms with Gasteiger partial charge in [0.05, 0.1) is 11.3 Å². The zero-order chi connectivity index (χ0) is 17.8. The Morgan fingerprint density at radius 2 is 2.32 bits per heavy atom. The highest BCUT2D eigenvalue weighted by Crippen LogP contribution is 2.31. The van der Waals surface area contributed by atoms with E-state index >= 15 is 0 Å². The van der Waals surface area contributed by atoms with Crippen LogP contribution in [-0.2, 0) is 13.0 Å². The Kier molecular flexibility index (Phi) is 5.09. The van der Waals surface area contributed by atoms with Gasteiger partial charge in [0.1, 0.15) is 17.0 Å². The molecule has 1 atom stereocenters. The minimum absolute atomic E-state index is 0.0508. The van der Waals surface area contributed by atoms with E-state index in [1.54, 1.807) is 18.3 Å². The summed E-state index contributed by atoms with van der Waals surface area (Å²) in [7, 11) is 0. The maximum atomic E-state index is 6.04. The van der Waals surface area contributed by atoms with Crippen molar-refractivity contribution in [1.82, 2.24) is 4.98 Å². The molecule has 0 aliphatic rings. The number of hydrogen-bond acceptors (Lipinski definition) is 5. The van der Waals surface area contributed by atoms with Gasteiger partial charge in [-0.2, -0.15) is 0 Å². The predicted octanol–water partition coefficient (Wildman–Crippen LogP) is 3.74. The number of aromatic nitrogens is 1. The Labute approximate surface area is 151 Å². The number of hydrogen-bond donors (Lipinski definition) is 2. The smallest absolute Gasteiger partial charge is 0.177 e. The number of furan rings is 1. The quantitative estimate of drug-likeness (QED) is 0.689. The summed E-state index contributed by atoms with van der Waals surface area (Å²) in [5.74, 6) is 9.28. The summed E-state index contributed by atoms with van der Waals surface area (Å²) in [5, 5.41) is 5.47. The number of rotatable bonds is 5. The van der Waals surface area contributed by atoms with Crippen LogP contribution in [0, 0.1) is 24.2 Å². The molecule has 0 aliphatic carbocycles. The highest BCUT2D eigenvalue weighted by molar-refractivity contribution is 7.09. The van der Waals surface area contributed by atoms with Gasteiger partial charge in [0, 0.05) is 23.9 Å². The summed E-state index contributed by atoms with van der Waals surface area (Å²) in [6.07, 6.45) is 6.28. The van der Waals surface area contributed by atoms with Gasteiger partial charge in [0.25, 0.3) is 0 Å². The molecule has 0 saturated carbocycles. The second-order valence-corrected chi connectivity index (χ2v) is 6.80. The van der Waals surface area contributed by atoms with Gasteiger partial charge in [-0.1, -0.05) is 17.9 Å². The summed E-state index contributed by atoms with van der Waals surface area (Å²) in [4.78, 5) is 5.81. The minimum atomic E-state index is -0.0508. The fourth-order valence-corrected chi connectivity index (χ4v) is 3.26. The van der Waals surface area contributed by atoms with E-state index in [9.17, 15) is 0 Å².